The van der Waals surface area contributed by atoms with Gasteiger partial charge in [0, 0.05) is 32.5 Å². The molecule has 25 heavy (non-hydrogen) atoms. The maximum atomic E-state index is 12.2. The molecule has 2 aromatic heterocycles. The van der Waals surface area contributed by atoms with Crippen molar-refractivity contribution < 1.29 is 8.42 Å². The number of imidazole rings is 1. The number of aromatic nitrogens is 2. The molecule has 9 heteroatoms. The van der Waals surface area contributed by atoms with Crippen molar-refractivity contribution in [3.63, 3.8) is 0 Å². The predicted octanol–water partition coefficient (Wildman–Crippen LogP) is 1.57. The molecule has 136 valence electrons. The molecule has 1 aliphatic rings. The minimum atomic E-state index is -3.08. The van der Waals surface area contributed by atoms with Gasteiger partial charge in [0.25, 0.3) is 0 Å². The Hall–Kier alpha value is -1.80. The Morgan fingerprint density at radius 1 is 1.40 bits per heavy atom. The summed E-state index contributed by atoms with van der Waals surface area (Å²) >= 11 is 5.99. The maximum absolute atomic E-state index is 12.2. The fraction of sp³-hybridized carbons (Fsp3) is 0.500. The fourth-order valence-electron chi connectivity index (χ4n) is 2.93. The lowest BCUT2D eigenvalue weighted by Gasteiger charge is -2.39. The molecule has 7 nitrogen and oxygen atoms in total. The van der Waals surface area contributed by atoms with Crippen LogP contribution in [-0.4, -0.2) is 59.3 Å². The first-order valence-corrected chi connectivity index (χ1v) is 10.1. The van der Waals surface area contributed by atoms with Crippen LogP contribution in [0.25, 0.3) is 5.65 Å². The number of pyridine rings is 1. The van der Waals surface area contributed by atoms with Crippen molar-refractivity contribution in [1.29, 1.82) is 0 Å². The van der Waals surface area contributed by atoms with Crippen molar-refractivity contribution in [1.82, 2.24) is 19.6 Å². The van der Waals surface area contributed by atoms with E-state index in [1.807, 2.05) is 21.6 Å². The van der Waals surface area contributed by atoms with Crippen molar-refractivity contribution in [2.24, 2.45) is 4.99 Å². The Morgan fingerprint density at radius 3 is 2.84 bits per heavy atom. The molecular weight excluding hydrogens is 362 g/mol. The molecule has 1 N–H and O–H groups in total. The van der Waals surface area contributed by atoms with Crippen molar-refractivity contribution in [2.45, 2.75) is 25.1 Å². The number of nitrogens with zero attached hydrogens (tertiary/aromatic N) is 4. The van der Waals surface area contributed by atoms with Gasteiger partial charge in [0.2, 0.25) is 0 Å². The Kier molecular flexibility index (Phi) is 4.68. The molecule has 3 rings (SSSR count). The molecule has 3 heterocycles. The first-order chi connectivity index (χ1) is 11.7. The molecule has 0 spiro atoms. The molecular formula is C16H22ClN5O2S. The number of sulfone groups is 1. The van der Waals surface area contributed by atoms with Gasteiger partial charge in [0.15, 0.2) is 15.8 Å². The zero-order valence-electron chi connectivity index (χ0n) is 14.5. The number of guanidine groups is 1. The second-order valence-corrected chi connectivity index (χ2v) is 9.93. The van der Waals surface area contributed by atoms with Crippen LogP contribution in [0.4, 0.5) is 0 Å². The van der Waals surface area contributed by atoms with Crippen LogP contribution in [0.1, 0.15) is 19.5 Å². The zero-order valence-corrected chi connectivity index (χ0v) is 16.1. The van der Waals surface area contributed by atoms with E-state index in [1.165, 1.54) is 0 Å². The molecule has 2 aromatic rings. The predicted molar refractivity (Wildman–Crippen MR) is 99.8 cm³/mol. The number of aliphatic imine (C=N–C) groups is 1. The first kappa shape index (κ1) is 18.0. The highest BCUT2D eigenvalue weighted by Gasteiger charge is 2.40. The van der Waals surface area contributed by atoms with E-state index in [0.29, 0.717) is 30.6 Å². The number of hydrogen-bond donors (Lipinski definition) is 1. The number of nitrogens with one attached hydrogen (secondary N) is 1. The van der Waals surface area contributed by atoms with Gasteiger partial charge in [-0.15, -0.1) is 0 Å². The van der Waals surface area contributed by atoms with Crippen molar-refractivity contribution >= 4 is 33.0 Å². The molecule has 0 aliphatic carbocycles. The monoisotopic (exact) mass is 383 g/mol. The van der Waals surface area contributed by atoms with Crippen LogP contribution < -0.4 is 5.32 Å². The summed E-state index contributed by atoms with van der Waals surface area (Å²) in [4.78, 5) is 10.8. The number of fused-ring (bicyclic) bond motifs is 1. The standard InChI is InChI=1S/C16H22ClN5O2S/c1-16(2)11-21(6-7-25(16,23)24)15(18-3)19-8-13-10-22-9-12(17)4-5-14(22)20-13/h4-5,9-10H,6-8,11H2,1-3H3,(H,18,19). The normalized spacial score (nSPS) is 20.0. The average Bonchev–Trinajstić information content (AvgIpc) is 2.93. The largest absolute Gasteiger partial charge is 0.351 e. The third-order valence-corrected chi connectivity index (χ3v) is 7.20. The lowest BCUT2D eigenvalue weighted by molar-refractivity contribution is 0.353. The minimum absolute atomic E-state index is 0.133. The van der Waals surface area contributed by atoms with Crippen molar-refractivity contribution in [3.05, 3.63) is 35.2 Å². The highest BCUT2D eigenvalue weighted by molar-refractivity contribution is 7.92. The molecule has 0 atom stereocenters. The third-order valence-electron chi connectivity index (χ3n) is 4.45. The second kappa shape index (κ2) is 6.49. The van der Waals surface area contributed by atoms with E-state index in [0.717, 1.165) is 11.3 Å². The maximum Gasteiger partial charge on any atom is 0.194 e. The summed E-state index contributed by atoms with van der Waals surface area (Å²) in [6.45, 7) is 4.86. The van der Waals surface area contributed by atoms with Crippen LogP contribution in [0.2, 0.25) is 5.02 Å². The molecule has 0 unspecified atom stereocenters. The van der Waals surface area contributed by atoms with Gasteiger partial charge in [0.05, 0.1) is 27.8 Å². The smallest absolute Gasteiger partial charge is 0.194 e. The summed E-state index contributed by atoms with van der Waals surface area (Å²) in [6.07, 6.45) is 3.71. The van der Waals surface area contributed by atoms with Gasteiger partial charge in [-0.1, -0.05) is 11.6 Å². The van der Waals surface area contributed by atoms with Crippen LogP contribution in [-0.2, 0) is 16.4 Å². The lowest BCUT2D eigenvalue weighted by Crippen LogP contribution is -2.57. The van der Waals surface area contributed by atoms with Crippen LogP contribution in [0.15, 0.2) is 29.5 Å². The van der Waals surface area contributed by atoms with E-state index in [2.05, 4.69) is 15.3 Å². The summed E-state index contributed by atoms with van der Waals surface area (Å²) in [6, 6.07) is 3.66. The van der Waals surface area contributed by atoms with Gasteiger partial charge in [-0.25, -0.2) is 13.4 Å². The Bertz CT molecular complexity index is 920. The molecule has 1 fully saturated rings. The van der Waals surface area contributed by atoms with Crippen LogP contribution in [0, 0.1) is 0 Å². The Labute approximate surface area is 152 Å². The van der Waals surface area contributed by atoms with Crippen LogP contribution >= 0.6 is 11.6 Å². The number of hydrogen-bond acceptors (Lipinski definition) is 4. The summed E-state index contributed by atoms with van der Waals surface area (Å²) in [5, 5.41) is 3.92. The van der Waals surface area contributed by atoms with Gasteiger partial charge in [-0.3, -0.25) is 4.99 Å². The van der Waals surface area contributed by atoms with Crippen LogP contribution in [0.5, 0.6) is 0 Å². The van der Waals surface area contributed by atoms with E-state index in [-0.39, 0.29) is 5.75 Å². The highest BCUT2D eigenvalue weighted by Crippen LogP contribution is 2.23. The molecule has 1 aliphatic heterocycles. The van der Waals surface area contributed by atoms with E-state index in [4.69, 9.17) is 11.6 Å². The Balaban J connectivity index is 1.70. The fourth-order valence-corrected chi connectivity index (χ4v) is 4.46. The van der Waals surface area contributed by atoms with Gasteiger partial charge < -0.3 is 14.6 Å². The van der Waals surface area contributed by atoms with E-state index < -0.39 is 14.6 Å². The van der Waals surface area contributed by atoms with Gasteiger partial charge in [0.1, 0.15) is 5.65 Å². The van der Waals surface area contributed by atoms with Gasteiger partial charge in [-0.2, -0.15) is 0 Å². The van der Waals surface area contributed by atoms with Gasteiger partial charge in [-0.05, 0) is 26.0 Å². The van der Waals surface area contributed by atoms with E-state index in [9.17, 15) is 8.42 Å². The molecule has 0 radical (unpaired) electrons. The zero-order chi connectivity index (χ0) is 18.2. The Morgan fingerprint density at radius 2 is 2.16 bits per heavy atom. The summed E-state index contributed by atoms with van der Waals surface area (Å²) in [5.74, 6) is 0.811. The quantitative estimate of drug-likeness (QED) is 0.629. The van der Waals surface area contributed by atoms with Crippen LogP contribution in [0.3, 0.4) is 0 Å². The number of halogens is 1. The van der Waals surface area contributed by atoms with Crippen molar-refractivity contribution in [3.8, 4) is 0 Å². The van der Waals surface area contributed by atoms with E-state index in [1.54, 1.807) is 33.2 Å². The molecule has 0 saturated carbocycles. The lowest BCUT2D eigenvalue weighted by atomic mass is 10.2. The average molecular weight is 384 g/mol. The summed E-state index contributed by atoms with van der Waals surface area (Å²) < 4.78 is 25.4. The summed E-state index contributed by atoms with van der Waals surface area (Å²) in [5.41, 5.74) is 1.67. The van der Waals surface area contributed by atoms with Crippen molar-refractivity contribution in [2.75, 3.05) is 25.9 Å². The molecule has 0 aromatic carbocycles. The highest BCUT2D eigenvalue weighted by atomic mass is 35.5. The topological polar surface area (TPSA) is 79.1 Å². The molecule has 1 saturated heterocycles. The SMILES string of the molecule is CN=C(NCc1cn2cc(Cl)ccc2n1)N1CCS(=O)(=O)C(C)(C)C1. The molecule has 0 bridgehead atoms. The minimum Gasteiger partial charge on any atom is -0.351 e. The number of rotatable bonds is 2. The second-order valence-electron chi connectivity index (χ2n) is 6.75. The first-order valence-electron chi connectivity index (χ1n) is 8.03. The molecule has 0 amide bonds. The summed E-state index contributed by atoms with van der Waals surface area (Å²) in [7, 11) is -1.38. The van der Waals surface area contributed by atoms with Gasteiger partial charge >= 0.3 is 0 Å². The third kappa shape index (κ3) is 3.59. The van der Waals surface area contributed by atoms with E-state index >= 15 is 0 Å².